The first kappa shape index (κ1) is 15.9. The van der Waals surface area contributed by atoms with Gasteiger partial charge in [0.2, 0.25) is 18.2 Å². The highest BCUT2D eigenvalue weighted by Gasteiger charge is 2.13. The van der Waals surface area contributed by atoms with Crippen molar-refractivity contribution in [1.82, 2.24) is 25.1 Å². The highest BCUT2D eigenvalue weighted by molar-refractivity contribution is 5.57. The van der Waals surface area contributed by atoms with E-state index in [1.165, 1.54) is 6.39 Å². The van der Waals surface area contributed by atoms with Crippen molar-refractivity contribution in [2.24, 2.45) is 0 Å². The maximum atomic E-state index is 6.03. The number of nitrogens with zero attached hydrogens (tertiary/aromatic N) is 5. The fourth-order valence-electron chi connectivity index (χ4n) is 2.43. The summed E-state index contributed by atoms with van der Waals surface area (Å²) in [5.41, 5.74) is 3.33. The van der Waals surface area contributed by atoms with E-state index in [9.17, 15) is 0 Å². The second kappa shape index (κ2) is 6.72. The van der Waals surface area contributed by atoms with Gasteiger partial charge in [0.15, 0.2) is 5.82 Å². The van der Waals surface area contributed by atoms with E-state index in [-0.39, 0.29) is 0 Å². The summed E-state index contributed by atoms with van der Waals surface area (Å²) < 4.78 is 11.3. The Hall–Kier alpha value is -3.61. The molecule has 3 aromatic heterocycles. The third kappa shape index (κ3) is 3.14. The van der Waals surface area contributed by atoms with Gasteiger partial charge in [-0.3, -0.25) is 4.98 Å². The van der Waals surface area contributed by atoms with Crippen LogP contribution >= 0.6 is 0 Å². The van der Waals surface area contributed by atoms with E-state index in [4.69, 9.17) is 9.15 Å². The predicted molar refractivity (Wildman–Crippen MR) is 94.5 cm³/mol. The largest absolute Gasteiger partial charge is 0.439 e. The zero-order chi connectivity index (χ0) is 17.9. The third-order valence-corrected chi connectivity index (χ3v) is 3.92. The fraction of sp³-hybridized carbons (Fsp3) is 0.105. The van der Waals surface area contributed by atoms with Crippen LogP contribution in [0, 0.1) is 13.8 Å². The molecule has 0 unspecified atom stereocenters. The van der Waals surface area contributed by atoms with Crippen LogP contribution in [0.3, 0.4) is 0 Å². The Labute approximate surface area is 149 Å². The highest BCUT2D eigenvalue weighted by Crippen LogP contribution is 2.29. The van der Waals surface area contributed by atoms with Gasteiger partial charge in [-0.25, -0.2) is 4.98 Å². The van der Waals surface area contributed by atoms with E-state index in [2.05, 4.69) is 25.1 Å². The van der Waals surface area contributed by atoms with Gasteiger partial charge >= 0.3 is 0 Å². The maximum Gasteiger partial charge on any atom is 0.247 e. The standard InChI is InChI=1S/C19H15N5O2/c1-12-13(2)22-17(15-6-4-8-20-10-15)23-18(12)26-16-7-3-5-14(9-16)19-24-21-11-25-19/h3-11H,1-2H3. The van der Waals surface area contributed by atoms with Gasteiger partial charge in [0.1, 0.15) is 5.75 Å². The molecule has 0 fully saturated rings. The van der Waals surface area contributed by atoms with E-state index in [0.717, 1.165) is 22.4 Å². The molecule has 128 valence electrons. The number of hydrogen-bond acceptors (Lipinski definition) is 7. The molecule has 0 aliphatic heterocycles. The van der Waals surface area contributed by atoms with Crippen molar-refractivity contribution < 1.29 is 9.15 Å². The van der Waals surface area contributed by atoms with Crippen LogP contribution in [-0.4, -0.2) is 25.1 Å². The van der Waals surface area contributed by atoms with Crippen LogP contribution in [0.1, 0.15) is 11.3 Å². The van der Waals surface area contributed by atoms with Crippen molar-refractivity contribution >= 4 is 0 Å². The fourth-order valence-corrected chi connectivity index (χ4v) is 2.43. The smallest absolute Gasteiger partial charge is 0.247 e. The first-order valence-corrected chi connectivity index (χ1v) is 8.01. The molecule has 3 heterocycles. The highest BCUT2D eigenvalue weighted by atomic mass is 16.5. The lowest BCUT2D eigenvalue weighted by Gasteiger charge is -2.11. The SMILES string of the molecule is Cc1nc(-c2cccnc2)nc(Oc2cccc(-c3nnco3)c2)c1C. The minimum absolute atomic E-state index is 0.432. The Morgan fingerprint density at radius 2 is 1.88 bits per heavy atom. The van der Waals surface area contributed by atoms with Gasteiger partial charge in [0.05, 0.1) is 0 Å². The molecule has 4 rings (SSSR count). The maximum absolute atomic E-state index is 6.03. The van der Waals surface area contributed by atoms with E-state index in [1.807, 2.05) is 50.2 Å². The summed E-state index contributed by atoms with van der Waals surface area (Å²) >= 11 is 0. The zero-order valence-electron chi connectivity index (χ0n) is 14.2. The van der Waals surface area contributed by atoms with Gasteiger partial charge in [0.25, 0.3) is 0 Å². The van der Waals surface area contributed by atoms with E-state index in [1.54, 1.807) is 12.4 Å². The van der Waals surface area contributed by atoms with Crippen molar-refractivity contribution in [3.63, 3.8) is 0 Å². The van der Waals surface area contributed by atoms with Gasteiger partial charge in [-0.05, 0) is 44.2 Å². The predicted octanol–water partition coefficient (Wildman–Crippen LogP) is 4.00. The average Bonchev–Trinajstić information content (AvgIpc) is 3.21. The number of rotatable bonds is 4. The van der Waals surface area contributed by atoms with Crippen LogP contribution in [-0.2, 0) is 0 Å². The third-order valence-electron chi connectivity index (χ3n) is 3.92. The van der Waals surface area contributed by atoms with Gasteiger partial charge in [-0.15, -0.1) is 10.2 Å². The number of benzene rings is 1. The Kier molecular flexibility index (Phi) is 4.10. The molecule has 0 spiro atoms. The molecule has 0 amide bonds. The summed E-state index contributed by atoms with van der Waals surface area (Å²) in [7, 11) is 0. The molecular formula is C19H15N5O2. The molecule has 0 saturated heterocycles. The lowest BCUT2D eigenvalue weighted by molar-refractivity contribution is 0.457. The second-order valence-electron chi connectivity index (χ2n) is 5.68. The van der Waals surface area contributed by atoms with E-state index < -0.39 is 0 Å². The molecule has 0 N–H and O–H groups in total. The van der Waals surface area contributed by atoms with Crippen LogP contribution < -0.4 is 4.74 Å². The van der Waals surface area contributed by atoms with Gasteiger partial charge in [0, 0.05) is 34.8 Å². The van der Waals surface area contributed by atoms with Crippen molar-refractivity contribution in [3.8, 4) is 34.5 Å². The molecule has 7 heteroatoms. The Morgan fingerprint density at radius 3 is 2.65 bits per heavy atom. The molecule has 0 aliphatic carbocycles. The summed E-state index contributed by atoms with van der Waals surface area (Å²) in [5, 5.41) is 7.61. The van der Waals surface area contributed by atoms with Crippen molar-refractivity contribution in [3.05, 3.63) is 66.4 Å². The van der Waals surface area contributed by atoms with Crippen LogP contribution in [0.5, 0.6) is 11.6 Å². The second-order valence-corrected chi connectivity index (χ2v) is 5.68. The van der Waals surface area contributed by atoms with Crippen LogP contribution in [0.15, 0.2) is 59.6 Å². The Morgan fingerprint density at radius 1 is 1.00 bits per heavy atom. The quantitative estimate of drug-likeness (QED) is 0.552. The normalized spacial score (nSPS) is 10.7. The van der Waals surface area contributed by atoms with Gasteiger partial charge in [-0.2, -0.15) is 4.98 Å². The number of aromatic nitrogens is 5. The Bertz CT molecular complexity index is 1030. The summed E-state index contributed by atoms with van der Waals surface area (Å²) in [4.78, 5) is 13.2. The summed E-state index contributed by atoms with van der Waals surface area (Å²) in [6.45, 7) is 3.86. The Balaban J connectivity index is 1.70. The lowest BCUT2D eigenvalue weighted by Crippen LogP contribution is -2.00. The van der Waals surface area contributed by atoms with Crippen LogP contribution in [0.25, 0.3) is 22.8 Å². The molecule has 0 saturated carbocycles. The summed E-state index contributed by atoms with van der Waals surface area (Å²) in [5.74, 6) is 2.13. The van der Waals surface area contributed by atoms with Crippen LogP contribution in [0.4, 0.5) is 0 Å². The average molecular weight is 345 g/mol. The number of aryl methyl sites for hydroxylation is 1. The molecule has 1 aromatic carbocycles. The van der Waals surface area contributed by atoms with E-state index in [0.29, 0.717) is 23.3 Å². The monoisotopic (exact) mass is 345 g/mol. The summed E-state index contributed by atoms with van der Waals surface area (Å²) in [6.07, 6.45) is 4.73. The van der Waals surface area contributed by atoms with Crippen LogP contribution in [0.2, 0.25) is 0 Å². The summed E-state index contributed by atoms with van der Waals surface area (Å²) in [6, 6.07) is 11.2. The molecule has 7 nitrogen and oxygen atoms in total. The first-order chi connectivity index (χ1) is 12.7. The van der Waals surface area contributed by atoms with E-state index >= 15 is 0 Å². The van der Waals surface area contributed by atoms with Gasteiger partial charge in [-0.1, -0.05) is 6.07 Å². The lowest BCUT2D eigenvalue weighted by atomic mass is 10.2. The topological polar surface area (TPSA) is 86.8 Å². The minimum Gasteiger partial charge on any atom is -0.439 e. The first-order valence-electron chi connectivity index (χ1n) is 8.01. The molecule has 0 bridgehead atoms. The molecule has 4 aromatic rings. The molecule has 0 aliphatic rings. The van der Waals surface area contributed by atoms with Gasteiger partial charge < -0.3 is 9.15 Å². The molecule has 26 heavy (non-hydrogen) atoms. The van der Waals surface area contributed by atoms with Crippen molar-refractivity contribution in [2.45, 2.75) is 13.8 Å². The van der Waals surface area contributed by atoms with Crippen molar-refractivity contribution in [2.75, 3.05) is 0 Å². The zero-order valence-corrected chi connectivity index (χ0v) is 14.2. The number of pyridine rings is 1. The minimum atomic E-state index is 0.432. The number of ether oxygens (including phenoxy) is 1. The molecular weight excluding hydrogens is 330 g/mol. The number of hydrogen-bond donors (Lipinski definition) is 0. The van der Waals surface area contributed by atoms with Crippen molar-refractivity contribution in [1.29, 1.82) is 0 Å². The molecule has 0 radical (unpaired) electrons. The molecule has 0 atom stereocenters.